The van der Waals surface area contributed by atoms with Gasteiger partial charge in [0.05, 0.1) is 16.4 Å². The number of anilines is 1. The molecule has 0 radical (unpaired) electrons. The molecule has 0 amide bonds. The molecule has 20 heavy (non-hydrogen) atoms. The van der Waals surface area contributed by atoms with Crippen LogP contribution in [-0.2, 0) is 0 Å². The fourth-order valence-electron chi connectivity index (χ4n) is 1.88. The third-order valence-electron chi connectivity index (χ3n) is 2.89. The summed E-state index contributed by atoms with van der Waals surface area (Å²) < 4.78 is 1.55. The molecule has 0 fully saturated rings. The number of hydrogen-bond donors (Lipinski definition) is 1. The van der Waals surface area contributed by atoms with Crippen LogP contribution in [0.2, 0.25) is 5.02 Å². The Morgan fingerprint density at radius 3 is 2.60 bits per heavy atom. The average molecular weight is 286 g/mol. The molecular formula is C14H12ClN5. The minimum atomic E-state index is 0.484. The van der Waals surface area contributed by atoms with Crippen molar-refractivity contribution < 1.29 is 0 Å². The standard InChI is InChI=1S/C14H12ClN5/c1-9-6-7-14(18-17-9)20-13(16)8-12(19-20)10-4-2-3-5-11(10)15/h2-8H,16H2,1H3. The van der Waals surface area contributed by atoms with E-state index in [0.29, 0.717) is 22.4 Å². The number of nitrogens with zero attached hydrogens (tertiary/aromatic N) is 4. The Bertz CT molecular complexity index is 749. The lowest BCUT2D eigenvalue weighted by Gasteiger charge is -2.02. The quantitative estimate of drug-likeness (QED) is 0.786. The summed E-state index contributed by atoms with van der Waals surface area (Å²) in [5.41, 5.74) is 8.36. The Hall–Kier alpha value is -2.40. The summed E-state index contributed by atoms with van der Waals surface area (Å²) in [6.07, 6.45) is 0. The van der Waals surface area contributed by atoms with E-state index in [-0.39, 0.29) is 0 Å². The van der Waals surface area contributed by atoms with Crippen LogP contribution >= 0.6 is 11.6 Å². The first-order chi connectivity index (χ1) is 9.65. The van der Waals surface area contributed by atoms with Crippen LogP contribution < -0.4 is 5.73 Å². The molecule has 0 aliphatic rings. The molecule has 0 bridgehead atoms. The summed E-state index contributed by atoms with van der Waals surface area (Å²) in [6, 6.07) is 12.9. The molecule has 0 atom stereocenters. The van der Waals surface area contributed by atoms with Crippen molar-refractivity contribution in [3.8, 4) is 17.1 Å². The summed E-state index contributed by atoms with van der Waals surface area (Å²) in [5.74, 6) is 1.06. The monoisotopic (exact) mass is 285 g/mol. The summed E-state index contributed by atoms with van der Waals surface area (Å²) in [5, 5.41) is 13.2. The summed E-state index contributed by atoms with van der Waals surface area (Å²) in [4.78, 5) is 0. The van der Waals surface area contributed by atoms with Crippen molar-refractivity contribution in [3.05, 3.63) is 53.2 Å². The van der Waals surface area contributed by atoms with E-state index in [1.165, 1.54) is 0 Å². The van der Waals surface area contributed by atoms with E-state index in [2.05, 4.69) is 15.3 Å². The first kappa shape index (κ1) is 12.6. The van der Waals surface area contributed by atoms with Crippen LogP contribution in [-0.4, -0.2) is 20.0 Å². The molecule has 2 N–H and O–H groups in total. The largest absolute Gasteiger partial charge is 0.384 e. The second kappa shape index (κ2) is 4.94. The van der Waals surface area contributed by atoms with Gasteiger partial charge in [0.2, 0.25) is 0 Å². The molecule has 100 valence electrons. The van der Waals surface area contributed by atoms with Crippen LogP contribution in [0.5, 0.6) is 0 Å². The summed E-state index contributed by atoms with van der Waals surface area (Å²) in [7, 11) is 0. The highest BCUT2D eigenvalue weighted by Gasteiger charge is 2.12. The number of aromatic nitrogens is 4. The Morgan fingerprint density at radius 1 is 1.10 bits per heavy atom. The summed E-state index contributed by atoms with van der Waals surface area (Å²) >= 11 is 6.17. The molecule has 0 saturated carbocycles. The molecule has 3 aromatic rings. The lowest BCUT2D eigenvalue weighted by Crippen LogP contribution is -2.05. The van der Waals surface area contributed by atoms with Crippen LogP contribution in [0.1, 0.15) is 5.69 Å². The van der Waals surface area contributed by atoms with Crippen molar-refractivity contribution in [2.45, 2.75) is 6.92 Å². The molecule has 0 saturated heterocycles. The zero-order chi connectivity index (χ0) is 14.1. The first-order valence-electron chi connectivity index (χ1n) is 6.06. The Morgan fingerprint density at radius 2 is 1.90 bits per heavy atom. The highest BCUT2D eigenvalue weighted by atomic mass is 35.5. The predicted molar refractivity (Wildman–Crippen MR) is 78.7 cm³/mol. The van der Waals surface area contributed by atoms with Gasteiger partial charge in [-0.1, -0.05) is 29.8 Å². The first-order valence-corrected chi connectivity index (χ1v) is 6.44. The van der Waals surface area contributed by atoms with Crippen LogP contribution in [0.15, 0.2) is 42.5 Å². The molecular weight excluding hydrogens is 274 g/mol. The van der Waals surface area contributed by atoms with Gasteiger partial charge in [-0.05, 0) is 25.1 Å². The molecule has 5 nitrogen and oxygen atoms in total. The molecule has 3 rings (SSSR count). The van der Waals surface area contributed by atoms with Crippen molar-refractivity contribution in [2.75, 3.05) is 5.73 Å². The molecule has 0 aliphatic heterocycles. The number of benzene rings is 1. The molecule has 0 spiro atoms. The van der Waals surface area contributed by atoms with Crippen LogP contribution in [0.3, 0.4) is 0 Å². The number of rotatable bonds is 2. The second-order valence-electron chi connectivity index (χ2n) is 4.38. The molecule has 6 heteroatoms. The van der Waals surface area contributed by atoms with Gasteiger partial charge in [0.1, 0.15) is 5.82 Å². The number of halogens is 1. The van der Waals surface area contributed by atoms with Gasteiger partial charge < -0.3 is 5.73 Å². The van der Waals surface area contributed by atoms with E-state index in [1.807, 2.05) is 43.3 Å². The number of hydrogen-bond acceptors (Lipinski definition) is 4. The third-order valence-corrected chi connectivity index (χ3v) is 3.22. The van der Waals surface area contributed by atoms with Crippen molar-refractivity contribution in [1.29, 1.82) is 0 Å². The van der Waals surface area contributed by atoms with E-state index in [4.69, 9.17) is 17.3 Å². The topological polar surface area (TPSA) is 69.6 Å². The van der Waals surface area contributed by atoms with Crippen LogP contribution in [0, 0.1) is 6.92 Å². The van der Waals surface area contributed by atoms with E-state index < -0.39 is 0 Å². The SMILES string of the molecule is Cc1ccc(-n2nc(-c3ccccc3Cl)cc2N)nn1. The fraction of sp³-hybridized carbons (Fsp3) is 0.0714. The maximum absolute atomic E-state index is 6.17. The number of nitrogens with two attached hydrogens (primary N) is 1. The van der Waals surface area contributed by atoms with Gasteiger partial charge in [0.15, 0.2) is 5.82 Å². The van der Waals surface area contributed by atoms with Crippen molar-refractivity contribution in [1.82, 2.24) is 20.0 Å². The molecule has 1 aromatic carbocycles. The molecule has 0 unspecified atom stereocenters. The van der Waals surface area contributed by atoms with Crippen molar-refractivity contribution in [3.63, 3.8) is 0 Å². The third kappa shape index (κ3) is 2.23. The van der Waals surface area contributed by atoms with E-state index in [1.54, 1.807) is 10.7 Å². The Balaban J connectivity index is 2.08. The number of aryl methyl sites for hydroxylation is 1. The zero-order valence-corrected chi connectivity index (χ0v) is 11.5. The van der Waals surface area contributed by atoms with Gasteiger partial charge in [0.25, 0.3) is 0 Å². The minimum absolute atomic E-state index is 0.484. The Kier molecular flexibility index (Phi) is 3.12. The normalized spacial score (nSPS) is 10.7. The zero-order valence-electron chi connectivity index (χ0n) is 10.8. The highest BCUT2D eigenvalue weighted by Crippen LogP contribution is 2.28. The van der Waals surface area contributed by atoms with Crippen molar-refractivity contribution >= 4 is 17.4 Å². The fourth-order valence-corrected chi connectivity index (χ4v) is 2.12. The molecule has 0 aliphatic carbocycles. The molecule has 2 heterocycles. The van der Waals surface area contributed by atoms with Gasteiger partial charge in [-0.3, -0.25) is 0 Å². The van der Waals surface area contributed by atoms with Gasteiger partial charge in [0, 0.05) is 11.6 Å². The maximum atomic E-state index is 6.17. The highest BCUT2D eigenvalue weighted by molar-refractivity contribution is 6.33. The van der Waals surface area contributed by atoms with Gasteiger partial charge in [-0.25, -0.2) is 0 Å². The number of nitrogen functional groups attached to an aromatic ring is 1. The minimum Gasteiger partial charge on any atom is -0.384 e. The smallest absolute Gasteiger partial charge is 0.178 e. The van der Waals surface area contributed by atoms with Crippen molar-refractivity contribution in [2.24, 2.45) is 0 Å². The van der Waals surface area contributed by atoms with Crippen LogP contribution in [0.4, 0.5) is 5.82 Å². The van der Waals surface area contributed by atoms with E-state index >= 15 is 0 Å². The van der Waals surface area contributed by atoms with E-state index in [9.17, 15) is 0 Å². The predicted octanol–water partition coefficient (Wildman–Crippen LogP) is 2.87. The Labute approximate surface area is 121 Å². The molecule has 2 aromatic heterocycles. The van der Waals surface area contributed by atoms with Gasteiger partial charge >= 0.3 is 0 Å². The lowest BCUT2D eigenvalue weighted by molar-refractivity contribution is 0.816. The van der Waals surface area contributed by atoms with Crippen LogP contribution in [0.25, 0.3) is 17.1 Å². The average Bonchev–Trinajstić information content (AvgIpc) is 2.82. The second-order valence-corrected chi connectivity index (χ2v) is 4.79. The maximum Gasteiger partial charge on any atom is 0.178 e. The van der Waals surface area contributed by atoms with E-state index in [0.717, 1.165) is 11.3 Å². The lowest BCUT2D eigenvalue weighted by atomic mass is 10.1. The van der Waals surface area contributed by atoms with Gasteiger partial charge in [-0.15, -0.1) is 5.10 Å². The van der Waals surface area contributed by atoms with Gasteiger partial charge in [-0.2, -0.15) is 14.9 Å². The summed E-state index contributed by atoms with van der Waals surface area (Å²) in [6.45, 7) is 1.87.